The summed E-state index contributed by atoms with van der Waals surface area (Å²) >= 11 is 0. The zero-order valence-corrected chi connectivity index (χ0v) is 12.2. The average Bonchev–Trinajstić information content (AvgIpc) is 2.47. The third-order valence-electron chi connectivity index (χ3n) is 3.43. The van der Waals surface area contributed by atoms with E-state index in [9.17, 15) is 4.79 Å². The quantitative estimate of drug-likeness (QED) is 0.795. The van der Waals surface area contributed by atoms with Crippen molar-refractivity contribution in [2.45, 2.75) is 26.0 Å². The SMILES string of the molecule is COc1ccc(C=CC(=O)N2CC(C)OCC2C)cc1. The van der Waals surface area contributed by atoms with E-state index in [4.69, 9.17) is 9.47 Å². The highest BCUT2D eigenvalue weighted by Gasteiger charge is 2.25. The molecule has 0 bridgehead atoms. The van der Waals surface area contributed by atoms with Crippen LogP contribution in [0.4, 0.5) is 0 Å². The van der Waals surface area contributed by atoms with Crippen LogP contribution in [0, 0.1) is 0 Å². The van der Waals surface area contributed by atoms with E-state index in [2.05, 4.69) is 0 Å². The highest BCUT2D eigenvalue weighted by atomic mass is 16.5. The lowest BCUT2D eigenvalue weighted by Gasteiger charge is -2.36. The predicted molar refractivity (Wildman–Crippen MR) is 78.6 cm³/mol. The van der Waals surface area contributed by atoms with E-state index < -0.39 is 0 Å². The number of carbonyl (C=O) groups excluding carboxylic acids is 1. The van der Waals surface area contributed by atoms with Crippen molar-refractivity contribution in [3.05, 3.63) is 35.9 Å². The van der Waals surface area contributed by atoms with Gasteiger partial charge in [0.25, 0.3) is 0 Å². The lowest BCUT2D eigenvalue weighted by Crippen LogP contribution is -2.49. The van der Waals surface area contributed by atoms with Crippen LogP contribution in [-0.2, 0) is 9.53 Å². The molecule has 20 heavy (non-hydrogen) atoms. The third-order valence-corrected chi connectivity index (χ3v) is 3.43. The summed E-state index contributed by atoms with van der Waals surface area (Å²) in [6.07, 6.45) is 3.55. The monoisotopic (exact) mass is 275 g/mol. The molecule has 2 rings (SSSR count). The molecule has 1 heterocycles. The molecule has 108 valence electrons. The number of hydrogen-bond acceptors (Lipinski definition) is 3. The fourth-order valence-electron chi connectivity index (χ4n) is 2.19. The van der Waals surface area contributed by atoms with Gasteiger partial charge in [-0.15, -0.1) is 0 Å². The largest absolute Gasteiger partial charge is 0.497 e. The number of morpholine rings is 1. The molecular weight excluding hydrogens is 254 g/mol. The normalized spacial score (nSPS) is 23.1. The molecule has 2 atom stereocenters. The molecule has 1 aliphatic heterocycles. The Hall–Kier alpha value is -1.81. The number of nitrogens with zero attached hydrogens (tertiary/aromatic N) is 1. The molecule has 1 amide bonds. The topological polar surface area (TPSA) is 38.8 Å². The van der Waals surface area contributed by atoms with E-state index in [0.29, 0.717) is 13.2 Å². The van der Waals surface area contributed by atoms with Gasteiger partial charge in [0.2, 0.25) is 5.91 Å². The van der Waals surface area contributed by atoms with Crippen LogP contribution in [0.3, 0.4) is 0 Å². The number of benzene rings is 1. The first-order valence-electron chi connectivity index (χ1n) is 6.84. The first kappa shape index (κ1) is 14.6. The standard InChI is InChI=1S/C16H21NO3/c1-12-11-20-13(2)10-17(12)16(18)9-6-14-4-7-15(19-3)8-5-14/h4-9,12-13H,10-11H2,1-3H3. The van der Waals surface area contributed by atoms with Crippen molar-refractivity contribution < 1.29 is 14.3 Å². The van der Waals surface area contributed by atoms with Gasteiger partial charge < -0.3 is 14.4 Å². The molecule has 0 aliphatic carbocycles. The van der Waals surface area contributed by atoms with E-state index >= 15 is 0 Å². The maximum Gasteiger partial charge on any atom is 0.246 e. The van der Waals surface area contributed by atoms with Gasteiger partial charge >= 0.3 is 0 Å². The van der Waals surface area contributed by atoms with Gasteiger partial charge in [-0.25, -0.2) is 0 Å². The molecule has 1 aromatic carbocycles. The fourth-order valence-corrected chi connectivity index (χ4v) is 2.19. The fraction of sp³-hybridized carbons (Fsp3) is 0.438. The number of amides is 1. The van der Waals surface area contributed by atoms with E-state index in [0.717, 1.165) is 11.3 Å². The summed E-state index contributed by atoms with van der Waals surface area (Å²) in [4.78, 5) is 14.1. The Balaban J connectivity index is 2.00. The maximum absolute atomic E-state index is 12.2. The van der Waals surface area contributed by atoms with Crippen molar-refractivity contribution in [1.29, 1.82) is 0 Å². The van der Waals surface area contributed by atoms with Gasteiger partial charge in [-0.1, -0.05) is 12.1 Å². The Bertz CT molecular complexity index is 481. The summed E-state index contributed by atoms with van der Waals surface area (Å²) in [5.74, 6) is 0.840. The van der Waals surface area contributed by atoms with E-state index in [1.165, 1.54) is 0 Å². The summed E-state index contributed by atoms with van der Waals surface area (Å²) < 4.78 is 10.6. The summed E-state index contributed by atoms with van der Waals surface area (Å²) in [6.45, 7) is 5.24. The number of ether oxygens (including phenoxy) is 2. The summed E-state index contributed by atoms with van der Waals surface area (Å²) in [7, 11) is 1.63. The predicted octanol–water partition coefficient (Wildman–Crippen LogP) is 2.34. The average molecular weight is 275 g/mol. The Morgan fingerprint density at radius 3 is 2.70 bits per heavy atom. The molecule has 2 unspecified atom stereocenters. The smallest absolute Gasteiger partial charge is 0.246 e. The lowest BCUT2D eigenvalue weighted by atomic mass is 10.1. The highest BCUT2D eigenvalue weighted by Crippen LogP contribution is 2.14. The Morgan fingerprint density at radius 2 is 2.05 bits per heavy atom. The van der Waals surface area contributed by atoms with Crippen molar-refractivity contribution in [2.75, 3.05) is 20.3 Å². The second-order valence-corrected chi connectivity index (χ2v) is 5.09. The molecular formula is C16H21NO3. The first-order valence-corrected chi connectivity index (χ1v) is 6.84. The van der Waals surface area contributed by atoms with Gasteiger partial charge in [-0.2, -0.15) is 0 Å². The van der Waals surface area contributed by atoms with E-state index in [1.54, 1.807) is 13.2 Å². The Kier molecular flexibility index (Phi) is 4.79. The van der Waals surface area contributed by atoms with Crippen LogP contribution in [0.5, 0.6) is 5.75 Å². The minimum atomic E-state index is 0.0310. The molecule has 0 N–H and O–H groups in total. The second kappa shape index (κ2) is 6.57. The van der Waals surface area contributed by atoms with Crippen LogP contribution in [0.2, 0.25) is 0 Å². The highest BCUT2D eigenvalue weighted by molar-refractivity contribution is 5.92. The molecule has 4 nitrogen and oxygen atoms in total. The van der Waals surface area contributed by atoms with Crippen molar-refractivity contribution in [3.63, 3.8) is 0 Å². The molecule has 1 saturated heterocycles. The van der Waals surface area contributed by atoms with Crippen molar-refractivity contribution in [3.8, 4) is 5.75 Å². The number of hydrogen-bond donors (Lipinski definition) is 0. The number of methoxy groups -OCH3 is 1. The van der Waals surface area contributed by atoms with Gasteiger partial charge in [-0.3, -0.25) is 4.79 Å². The molecule has 1 fully saturated rings. The minimum Gasteiger partial charge on any atom is -0.497 e. The van der Waals surface area contributed by atoms with Crippen molar-refractivity contribution in [1.82, 2.24) is 4.90 Å². The summed E-state index contributed by atoms with van der Waals surface area (Å²) in [5, 5.41) is 0. The number of carbonyl (C=O) groups is 1. The zero-order chi connectivity index (χ0) is 14.5. The molecule has 1 aliphatic rings. The van der Waals surface area contributed by atoms with Crippen LogP contribution in [0.15, 0.2) is 30.3 Å². The maximum atomic E-state index is 12.2. The summed E-state index contributed by atoms with van der Waals surface area (Å²) in [6, 6.07) is 7.73. The van der Waals surface area contributed by atoms with Crippen LogP contribution in [0.1, 0.15) is 19.4 Å². The van der Waals surface area contributed by atoms with Gasteiger partial charge in [-0.05, 0) is 37.6 Å². The minimum absolute atomic E-state index is 0.0310. The van der Waals surface area contributed by atoms with Crippen molar-refractivity contribution >= 4 is 12.0 Å². The molecule has 0 saturated carbocycles. The van der Waals surface area contributed by atoms with Gasteiger partial charge in [0, 0.05) is 12.6 Å². The van der Waals surface area contributed by atoms with Gasteiger partial charge in [0.15, 0.2) is 0 Å². The van der Waals surface area contributed by atoms with Crippen LogP contribution < -0.4 is 4.74 Å². The van der Waals surface area contributed by atoms with E-state index in [-0.39, 0.29) is 18.1 Å². The Labute approximate surface area is 120 Å². The van der Waals surface area contributed by atoms with Crippen LogP contribution >= 0.6 is 0 Å². The molecule has 0 spiro atoms. The second-order valence-electron chi connectivity index (χ2n) is 5.09. The molecule has 4 heteroatoms. The molecule has 0 radical (unpaired) electrons. The van der Waals surface area contributed by atoms with E-state index in [1.807, 2.05) is 49.1 Å². The number of rotatable bonds is 3. The zero-order valence-electron chi connectivity index (χ0n) is 12.2. The van der Waals surface area contributed by atoms with Crippen LogP contribution in [0.25, 0.3) is 6.08 Å². The van der Waals surface area contributed by atoms with Crippen LogP contribution in [-0.4, -0.2) is 43.2 Å². The molecule has 0 aromatic heterocycles. The third kappa shape index (κ3) is 3.61. The molecule has 1 aromatic rings. The first-order chi connectivity index (χ1) is 9.60. The Morgan fingerprint density at radius 1 is 1.35 bits per heavy atom. The van der Waals surface area contributed by atoms with Gasteiger partial charge in [0.1, 0.15) is 5.75 Å². The van der Waals surface area contributed by atoms with Gasteiger partial charge in [0.05, 0.1) is 25.9 Å². The van der Waals surface area contributed by atoms with Crippen molar-refractivity contribution in [2.24, 2.45) is 0 Å². The summed E-state index contributed by atoms with van der Waals surface area (Å²) in [5.41, 5.74) is 0.980. The lowest BCUT2D eigenvalue weighted by molar-refractivity contribution is -0.137.